The van der Waals surface area contributed by atoms with Gasteiger partial charge in [0.05, 0.1) is 5.69 Å². The zero-order valence-corrected chi connectivity index (χ0v) is 11.9. The molecule has 0 aliphatic heterocycles. The summed E-state index contributed by atoms with van der Waals surface area (Å²) in [5.74, 6) is 1.48. The van der Waals surface area contributed by atoms with Gasteiger partial charge in [0, 0.05) is 0 Å². The quantitative estimate of drug-likeness (QED) is 0.654. The Kier molecular flexibility index (Phi) is 5.53. The molecule has 2 aromatic rings. The van der Waals surface area contributed by atoms with Crippen LogP contribution in [-0.4, -0.2) is 19.0 Å². The van der Waals surface area contributed by atoms with Gasteiger partial charge in [-0.1, -0.05) is 23.4 Å². The lowest BCUT2D eigenvalue weighted by Crippen LogP contribution is -2.01. The van der Waals surface area contributed by atoms with Crippen molar-refractivity contribution < 1.29 is 9.57 Å². The van der Waals surface area contributed by atoms with E-state index in [0.717, 1.165) is 11.4 Å². The van der Waals surface area contributed by atoms with Gasteiger partial charge in [-0.3, -0.25) is 5.43 Å². The predicted octanol–water partition coefficient (Wildman–Crippen LogP) is 3.40. The SMILES string of the molecule is CO/N=C\C(C#N)=N/Nc1ccc(Oc2ccccc2)cc1. The van der Waals surface area contributed by atoms with Crippen LogP contribution < -0.4 is 10.2 Å². The first-order valence-corrected chi connectivity index (χ1v) is 6.45. The smallest absolute Gasteiger partial charge is 0.182 e. The molecule has 0 aromatic heterocycles. The molecule has 0 spiro atoms. The standard InChI is InChI=1S/C16H14N4O2/c1-21-18-12-14(11-17)20-19-13-7-9-16(10-8-13)22-15-5-3-2-4-6-15/h2-10,12,19H,1H3/b18-12-,20-14-. The molecule has 0 amide bonds. The molecule has 0 unspecified atom stereocenters. The number of hydrogen-bond acceptors (Lipinski definition) is 6. The largest absolute Gasteiger partial charge is 0.457 e. The van der Waals surface area contributed by atoms with Crippen molar-refractivity contribution in [3.8, 4) is 17.6 Å². The zero-order chi connectivity index (χ0) is 15.6. The Balaban J connectivity index is 1.99. The summed E-state index contributed by atoms with van der Waals surface area (Å²) in [5, 5.41) is 16.2. The Bertz CT molecular complexity index is 688. The van der Waals surface area contributed by atoms with Gasteiger partial charge in [0.25, 0.3) is 0 Å². The fourth-order valence-corrected chi connectivity index (χ4v) is 1.53. The van der Waals surface area contributed by atoms with Crippen molar-refractivity contribution in [1.29, 1.82) is 5.26 Å². The first-order chi connectivity index (χ1) is 10.8. The van der Waals surface area contributed by atoms with E-state index in [1.165, 1.54) is 13.3 Å². The number of nitrogens with zero attached hydrogens (tertiary/aromatic N) is 3. The fourth-order valence-electron chi connectivity index (χ4n) is 1.53. The van der Waals surface area contributed by atoms with Crippen molar-refractivity contribution in [2.75, 3.05) is 12.5 Å². The van der Waals surface area contributed by atoms with Crippen molar-refractivity contribution in [3.63, 3.8) is 0 Å². The molecule has 0 bridgehead atoms. The Hall–Kier alpha value is -3.33. The van der Waals surface area contributed by atoms with E-state index in [0.29, 0.717) is 5.75 Å². The Morgan fingerprint density at radius 1 is 1.09 bits per heavy atom. The van der Waals surface area contributed by atoms with Gasteiger partial charge in [0.15, 0.2) is 5.71 Å². The predicted molar refractivity (Wildman–Crippen MR) is 85.1 cm³/mol. The van der Waals surface area contributed by atoms with Crippen molar-refractivity contribution in [3.05, 3.63) is 54.6 Å². The van der Waals surface area contributed by atoms with E-state index in [-0.39, 0.29) is 5.71 Å². The van der Waals surface area contributed by atoms with Crippen LogP contribution in [0.4, 0.5) is 5.69 Å². The van der Waals surface area contributed by atoms with Gasteiger partial charge in [-0.2, -0.15) is 10.4 Å². The Morgan fingerprint density at radius 3 is 2.41 bits per heavy atom. The number of ether oxygens (including phenoxy) is 1. The molecule has 0 aliphatic rings. The van der Waals surface area contributed by atoms with Crippen LogP contribution in [0.5, 0.6) is 11.5 Å². The highest BCUT2D eigenvalue weighted by Gasteiger charge is 1.98. The normalized spacial score (nSPS) is 11.0. The molecule has 6 heteroatoms. The Morgan fingerprint density at radius 2 is 1.77 bits per heavy atom. The molecule has 1 N–H and O–H groups in total. The second kappa shape index (κ2) is 8.07. The van der Waals surface area contributed by atoms with Gasteiger partial charge in [0.1, 0.15) is 30.9 Å². The second-order valence-corrected chi connectivity index (χ2v) is 4.08. The van der Waals surface area contributed by atoms with Crippen LogP contribution in [0.3, 0.4) is 0 Å². The number of hydrazone groups is 1. The van der Waals surface area contributed by atoms with Crippen LogP contribution in [0.2, 0.25) is 0 Å². The van der Waals surface area contributed by atoms with Crippen molar-refractivity contribution in [2.45, 2.75) is 0 Å². The van der Waals surface area contributed by atoms with Crippen molar-refractivity contribution >= 4 is 17.6 Å². The van der Waals surface area contributed by atoms with E-state index in [1.54, 1.807) is 24.3 Å². The van der Waals surface area contributed by atoms with E-state index in [1.807, 2.05) is 36.4 Å². The highest BCUT2D eigenvalue weighted by molar-refractivity contribution is 6.37. The summed E-state index contributed by atoms with van der Waals surface area (Å²) in [6.07, 6.45) is 1.22. The summed E-state index contributed by atoms with van der Waals surface area (Å²) >= 11 is 0. The number of hydrogen-bond donors (Lipinski definition) is 1. The van der Waals surface area contributed by atoms with Gasteiger partial charge >= 0.3 is 0 Å². The number of nitrogens with one attached hydrogen (secondary N) is 1. The molecule has 22 heavy (non-hydrogen) atoms. The summed E-state index contributed by atoms with van der Waals surface area (Å²) in [6, 6.07) is 18.6. The number of para-hydroxylation sites is 1. The lowest BCUT2D eigenvalue weighted by molar-refractivity contribution is 0.216. The Labute approximate surface area is 128 Å². The summed E-state index contributed by atoms with van der Waals surface area (Å²) in [6.45, 7) is 0. The van der Waals surface area contributed by atoms with Gasteiger partial charge in [-0.25, -0.2) is 0 Å². The molecular formula is C16H14N4O2. The maximum atomic E-state index is 8.85. The van der Waals surface area contributed by atoms with Gasteiger partial charge < -0.3 is 9.57 Å². The maximum Gasteiger partial charge on any atom is 0.182 e. The number of oxime groups is 1. The molecule has 2 rings (SSSR count). The number of nitriles is 1. The highest BCUT2D eigenvalue weighted by atomic mass is 16.6. The minimum absolute atomic E-state index is 0.103. The van der Waals surface area contributed by atoms with Crippen LogP contribution in [0.1, 0.15) is 0 Å². The molecule has 0 radical (unpaired) electrons. The van der Waals surface area contributed by atoms with E-state index in [2.05, 4.69) is 20.5 Å². The third-order valence-electron chi connectivity index (χ3n) is 2.53. The number of rotatable bonds is 6. The molecular weight excluding hydrogens is 280 g/mol. The zero-order valence-electron chi connectivity index (χ0n) is 11.9. The van der Waals surface area contributed by atoms with Crippen LogP contribution in [0.15, 0.2) is 64.9 Å². The molecule has 0 aliphatic carbocycles. The van der Waals surface area contributed by atoms with Crippen molar-refractivity contribution in [2.24, 2.45) is 10.3 Å². The number of anilines is 1. The molecule has 0 fully saturated rings. The van der Waals surface area contributed by atoms with Crippen LogP contribution in [-0.2, 0) is 4.84 Å². The molecule has 0 atom stereocenters. The second-order valence-electron chi connectivity index (χ2n) is 4.08. The number of benzene rings is 2. The highest BCUT2D eigenvalue weighted by Crippen LogP contribution is 2.22. The van der Waals surface area contributed by atoms with Crippen LogP contribution >= 0.6 is 0 Å². The van der Waals surface area contributed by atoms with Crippen LogP contribution in [0, 0.1) is 11.3 Å². The third kappa shape index (κ3) is 4.65. The van der Waals surface area contributed by atoms with E-state index in [4.69, 9.17) is 10.00 Å². The molecule has 0 heterocycles. The molecule has 110 valence electrons. The average Bonchev–Trinajstić information content (AvgIpc) is 2.57. The lowest BCUT2D eigenvalue weighted by Gasteiger charge is -2.06. The van der Waals surface area contributed by atoms with Gasteiger partial charge in [0.2, 0.25) is 0 Å². The first kappa shape index (κ1) is 15.1. The fraction of sp³-hybridized carbons (Fsp3) is 0.0625. The summed E-state index contributed by atoms with van der Waals surface area (Å²) < 4.78 is 5.68. The van der Waals surface area contributed by atoms with Crippen LogP contribution in [0.25, 0.3) is 0 Å². The topological polar surface area (TPSA) is 79.0 Å². The molecule has 0 saturated carbocycles. The monoisotopic (exact) mass is 294 g/mol. The summed E-state index contributed by atoms with van der Waals surface area (Å²) in [5.41, 5.74) is 3.58. The van der Waals surface area contributed by atoms with Gasteiger partial charge in [-0.05, 0) is 36.4 Å². The lowest BCUT2D eigenvalue weighted by atomic mass is 10.3. The molecule has 2 aromatic carbocycles. The van der Waals surface area contributed by atoms with E-state index >= 15 is 0 Å². The average molecular weight is 294 g/mol. The minimum atomic E-state index is 0.103. The summed E-state index contributed by atoms with van der Waals surface area (Å²) in [4.78, 5) is 4.49. The van der Waals surface area contributed by atoms with Gasteiger partial charge in [-0.15, -0.1) is 0 Å². The molecule has 6 nitrogen and oxygen atoms in total. The minimum Gasteiger partial charge on any atom is -0.457 e. The first-order valence-electron chi connectivity index (χ1n) is 6.45. The van der Waals surface area contributed by atoms with Crippen molar-refractivity contribution in [1.82, 2.24) is 0 Å². The summed E-state index contributed by atoms with van der Waals surface area (Å²) in [7, 11) is 1.39. The molecule has 0 saturated heterocycles. The van der Waals surface area contributed by atoms with E-state index < -0.39 is 0 Å². The third-order valence-corrected chi connectivity index (χ3v) is 2.53. The van der Waals surface area contributed by atoms with E-state index in [9.17, 15) is 0 Å². The maximum absolute atomic E-state index is 8.85.